The summed E-state index contributed by atoms with van der Waals surface area (Å²) in [6.07, 6.45) is 4.65. The van der Waals surface area contributed by atoms with E-state index in [1.165, 1.54) is 19.2 Å². The molecule has 1 fully saturated rings. The fraction of sp³-hybridized carbons (Fsp3) is 0.522. The van der Waals surface area contributed by atoms with Gasteiger partial charge in [-0.25, -0.2) is 9.18 Å². The molecular formula is C23H28FNO4. The van der Waals surface area contributed by atoms with Gasteiger partial charge in [0.2, 0.25) is 0 Å². The quantitative estimate of drug-likeness (QED) is 0.655. The van der Waals surface area contributed by atoms with Crippen molar-refractivity contribution in [3.8, 4) is 0 Å². The monoisotopic (exact) mass is 401 g/mol. The Morgan fingerprint density at radius 3 is 2.34 bits per heavy atom. The van der Waals surface area contributed by atoms with E-state index in [0.29, 0.717) is 23.3 Å². The van der Waals surface area contributed by atoms with Crippen molar-refractivity contribution in [2.75, 3.05) is 13.7 Å². The van der Waals surface area contributed by atoms with Gasteiger partial charge in [0.25, 0.3) is 0 Å². The summed E-state index contributed by atoms with van der Waals surface area (Å²) < 4.78 is 24.1. The molecule has 1 aromatic carbocycles. The van der Waals surface area contributed by atoms with E-state index in [9.17, 15) is 14.0 Å². The summed E-state index contributed by atoms with van der Waals surface area (Å²) in [4.78, 5) is 30.7. The van der Waals surface area contributed by atoms with Crippen LogP contribution in [0.25, 0.3) is 0 Å². The molecule has 6 heteroatoms. The van der Waals surface area contributed by atoms with Crippen LogP contribution in [0.4, 0.5) is 4.39 Å². The molecule has 2 atom stereocenters. The predicted octanol–water partition coefficient (Wildman–Crippen LogP) is 4.57. The van der Waals surface area contributed by atoms with Crippen molar-refractivity contribution in [3.63, 3.8) is 0 Å². The zero-order valence-electron chi connectivity index (χ0n) is 17.2. The fourth-order valence-corrected chi connectivity index (χ4v) is 4.51. The Morgan fingerprint density at radius 2 is 1.79 bits per heavy atom. The van der Waals surface area contributed by atoms with Gasteiger partial charge in [0.15, 0.2) is 0 Å². The van der Waals surface area contributed by atoms with Crippen LogP contribution in [0.2, 0.25) is 0 Å². The topological polar surface area (TPSA) is 65.0 Å². The van der Waals surface area contributed by atoms with E-state index in [0.717, 1.165) is 31.4 Å². The lowest BCUT2D eigenvalue weighted by Crippen LogP contribution is -2.40. The van der Waals surface area contributed by atoms with Crippen molar-refractivity contribution < 1.29 is 23.5 Å². The molecule has 1 aliphatic heterocycles. The van der Waals surface area contributed by atoms with Gasteiger partial charge in [-0.3, -0.25) is 9.79 Å². The molecule has 1 aromatic rings. The Kier molecular flexibility index (Phi) is 6.83. The van der Waals surface area contributed by atoms with Crippen LogP contribution in [0.5, 0.6) is 0 Å². The van der Waals surface area contributed by atoms with Gasteiger partial charge in [0.1, 0.15) is 11.7 Å². The molecule has 0 amide bonds. The number of carbonyl (C=O) groups excluding carboxylic acids is 2. The molecule has 2 aliphatic rings. The highest BCUT2D eigenvalue weighted by molar-refractivity contribution is 6.09. The maximum Gasteiger partial charge on any atom is 0.336 e. The van der Waals surface area contributed by atoms with E-state index < -0.39 is 23.8 Å². The number of rotatable bonds is 6. The van der Waals surface area contributed by atoms with Crippen LogP contribution in [0.15, 0.2) is 40.5 Å². The smallest absolute Gasteiger partial charge is 0.336 e. The molecule has 1 aliphatic carbocycles. The second-order valence-corrected chi connectivity index (χ2v) is 7.48. The van der Waals surface area contributed by atoms with Crippen molar-refractivity contribution in [3.05, 3.63) is 46.9 Å². The van der Waals surface area contributed by atoms with Crippen LogP contribution < -0.4 is 0 Å². The van der Waals surface area contributed by atoms with Crippen molar-refractivity contribution in [2.24, 2.45) is 16.8 Å². The summed E-state index contributed by atoms with van der Waals surface area (Å²) in [6, 6.07) is 5.94. The number of methoxy groups -OCH3 is 1. The lowest BCUT2D eigenvalue weighted by Gasteiger charge is -2.35. The number of hydrogen-bond acceptors (Lipinski definition) is 5. The van der Waals surface area contributed by atoms with Gasteiger partial charge in [0, 0.05) is 11.6 Å². The van der Waals surface area contributed by atoms with E-state index in [-0.39, 0.29) is 18.3 Å². The molecule has 0 aromatic heterocycles. The lowest BCUT2D eigenvalue weighted by molar-refractivity contribution is -0.144. The molecular weight excluding hydrogens is 373 g/mol. The average molecular weight is 401 g/mol. The average Bonchev–Trinajstić information content (AvgIpc) is 3.27. The number of aliphatic imine (C=N–C) groups is 1. The van der Waals surface area contributed by atoms with Gasteiger partial charge >= 0.3 is 11.9 Å². The number of hydrogen-bond donors (Lipinski definition) is 0. The van der Waals surface area contributed by atoms with Gasteiger partial charge in [0.05, 0.1) is 25.0 Å². The molecule has 1 heterocycles. The molecule has 156 valence electrons. The minimum absolute atomic E-state index is 0.187. The van der Waals surface area contributed by atoms with Gasteiger partial charge in [-0.15, -0.1) is 0 Å². The fourth-order valence-electron chi connectivity index (χ4n) is 4.51. The predicted molar refractivity (Wildman–Crippen MR) is 108 cm³/mol. The number of esters is 2. The first kappa shape index (κ1) is 21.2. The maximum atomic E-state index is 13.6. The van der Waals surface area contributed by atoms with E-state index in [1.54, 1.807) is 19.1 Å². The van der Waals surface area contributed by atoms with E-state index in [2.05, 4.69) is 0 Å². The summed E-state index contributed by atoms with van der Waals surface area (Å²) in [5.74, 6) is -2.43. The lowest BCUT2D eigenvalue weighted by atomic mass is 9.72. The summed E-state index contributed by atoms with van der Waals surface area (Å²) in [6.45, 7) is 3.90. The van der Waals surface area contributed by atoms with Crippen molar-refractivity contribution in [2.45, 2.75) is 51.9 Å². The van der Waals surface area contributed by atoms with Crippen LogP contribution in [0, 0.1) is 17.7 Å². The summed E-state index contributed by atoms with van der Waals surface area (Å²) in [5.41, 5.74) is 2.48. The number of benzene rings is 1. The van der Waals surface area contributed by atoms with Gasteiger partial charge in [-0.1, -0.05) is 31.9 Å². The van der Waals surface area contributed by atoms with Crippen LogP contribution >= 0.6 is 0 Å². The number of carbonyl (C=O) groups is 2. The zero-order valence-corrected chi connectivity index (χ0v) is 17.2. The van der Waals surface area contributed by atoms with E-state index >= 15 is 0 Å². The second-order valence-electron chi connectivity index (χ2n) is 7.48. The third-order valence-corrected chi connectivity index (χ3v) is 5.83. The van der Waals surface area contributed by atoms with Crippen LogP contribution in [0.1, 0.15) is 57.4 Å². The molecule has 0 bridgehead atoms. The number of halogens is 1. The summed E-state index contributed by atoms with van der Waals surface area (Å²) >= 11 is 0. The molecule has 2 unspecified atom stereocenters. The Morgan fingerprint density at radius 1 is 1.14 bits per heavy atom. The minimum atomic E-state index is -0.719. The van der Waals surface area contributed by atoms with Crippen LogP contribution in [-0.4, -0.2) is 31.4 Å². The highest BCUT2D eigenvalue weighted by Crippen LogP contribution is 2.44. The van der Waals surface area contributed by atoms with Crippen molar-refractivity contribution >= 4 is 17.7 Å². The van der Waals surface area contributed by atoms with Crippen LogP contribution in [0.3, 0.4) is 0 Å². The normalized spacial score (nSPS) is 22.4. The minimum Gasteiger partial charge on any atom is -0.468 e. The molecule has 3 rings (SSSR count). The first-order valence-electron chi connectivity index (χ1n) is 10.3. The zero-order chi connectivity index (χ0) is 21.0. The molecule has 1 saturated carbocycles. The number of allylic oxidation sites excluding steroid dienone is 1. The van der Waals surface area contributed by atoms with Gasteiger partial charge in [-0.05, 0) is 49.8 Å². The van der Waals surface area contributed by atoms with Gasteiger partial charge < -0.3 is 9.47 Å². The van der Waals surface area contributed by atoms with Crippen molar-refractivity contribution in [1.82, 2.24) is 0 Å². The Hall–Kier alpha value is -2.50. The Labute approximate surface area is 171 Å². The van der Waals surface area contributed by atoms with E-state index in [4.69, 9.17) is 14.5 Å². The summed E-state index contributed by atoms with van der Waals surface area (Å²) in [7, 11) is 1.35. The molecule has 0 saturated heterocycles. The highest BCUT2D eigenvalue weighted by Gasteiger charge is 2.46. The van der Waals surface area contributed by atoms with Crippen molar-refractivity contribution in [1.29, 1.82) is 0 Å². The molecule has 0 spiro atoms. The summed E-state index contributed by atoms with van der Waals surface area (Å²) in [5, 5.41) is 0. The molecule has 0 N–H and O–H groups in total. The number of ether oxygens (including phenoxy) is 2. The molecule has 29 heavy (non-hydrogen) atoms. The largest absolute Gasteiger partial charge is 0.468 e. The SMILES string of the molecule is CCOC(=O)C1=C(CC)N=C(C2CCCC2)C(C(=O)OC)C1c1ccc(F)cc1. The second kappa shape index (κ2) is 9.33. The third-order valence-electron chi connectivity index (χ3n) is 5.83. The Bertz CT molecular complexity index is 822. The molecule has 0 radical (unpaired) electrons. The maximum absolute atomic E-state index is 13.6. The third kappa shape index (κ3) is 4.26. The Balaban J connectivity index is 2.22. The first-order chi connectivity index (χ1) is 14.0. The highest BCUT2D eigenvalue weighted by atomic mass is 19.1. The van der Waals surface area contributed by atoms with Gasteiger partial charge in [-0.2, -0.15) is 0 Å². The van der Waals surface area contributed by atoms with Crippen LogP contribution in [-0.2, 0) is 19.1 Å². The standard InChI is InChI=1S/C23H28FNO4/c1-4-17-19(23(27)29-5-2)18(14-10-12-16(24)13-11-14)20(22(26)28-3)21(25-17)15-8-6-7-9-15/h10-13,15,18,20H,4-9H2,1-3H3. The number of nitrogens with zero attached hydrogens (tertiary/aromatic N) is 1. The van der Waals surface area contributed by atoms with E-state index in [1.807, 2.05) is 6.92 Å². The first-order valence-corrected chi connectivity index (χ1v) is 10.3. The molecule has 5 nitrogen and oxygen atoms in total.